The molecule has 0 N–H and O–H groups in total. The minimum atomic E-state index is -5.85. The summed E-state index contributed by atoms with van der Waals surface area (Å²) in [5, 5.41) is -5.10. The van der Waals surface area contributed by atoms with E-state index in [0.29, 0.717) is 7.14 Å². The van der Waals surface area contributed by atoms with Gasteiger partial charge in [-0.3, -0.25) is 0 Å². The van der Waals surface area contributed by atoms with Crippen LogP contribution >= 0.6 is 0 Å². The highest BCUT2D eigenvalue weighted by atomic mass is 127. The number of hydrogen-bond acceptors (Lipinski definition) is 3. The summed E-state index contributed by atoms with van der Waals surface area (Å²) < 4.78 is 96.3. The standard InChI is InChI=1S/C23H28F5IO3S/c1-20(2,3)16-7-11-18(12-8-16)29(19-13-9-17(10-14-19)21(4,5)6)32-33(30,31)23(27,28)15-22(24,25)26/h7-14H,15H2,1-6H3/q+1. The lowest BCUT2D eigenvalue weighted by molar-refractivity contribution is -1.03. The minimum Gasteiger partial charge on any atom is -0.189 e. The lowest BCUT2D eigenvalue weighted by Crippen LogP contribution is -3.85. The second-order valence-corrected chi connectivity index (χ2v) is 16.3. The molecule has 2 aromatic carbocycles. The van der Waals surface area contributed by atoms with Gasteiger partial charge in [0.05, 0.1) is 0 Å². The number of alkyl halides is 5. The van der Waals surface area contributed by atoms with Crippen molar-refractivity contribution in [3.8, 4) is 0 Å². The first-order valence-corrected chi connectivity index (χ1v) is 14.5. The van der Waals surface area contributed by atoms with Gasteiger partial charge in [-0.15, -0.1) is 0 Å². The van der Waals surface area contributed by atoms with Gasteiger partial charge in [0.2, 0.25) is 0 Å². The molecule has 0 saturated heterocycles. The molecule has 0 aliphatic rings. The van der Waals surface area contributed by atoms with Gasteiger partial charge in [0.15, 0.2) is 7.14 Å². The predicted octanol–water partition coefficient (Wildman–Crippen LogP) is 3.75. The van der Waals surface area contributed by atoms with Crippen LogP contribution in [0.4, 0.5) is 22.0 Å². The predicted molar refractivity (Wildman–Crippen MR) is 113 cm³/mol. The van der Waals surface area contributed by atoms with E-state index in [2.05, 4.69) is 0 Å². The molecule has 185 valence electrons. The largest absolute Gasteiger partial charge is 0.396 e. The van der Waals surface area contributed by atoms with Crippen LogP contribution in [0.15, 0.2) is 48.5 Å². The van der Waals surface area contributed by atoms with Gasteiger partial charge in [-0.25, -0.2) is 0 Å². The van der Waals surface area contributed by atoms with Gasteiger partial charge in [-0.2, -0.15) is 30.4 Å². The zero-order chi connectivity index (χ0) is 25.5. The third kappa shape index (κ3) is 7.35. The zero-order valence-corrected chi connectivity index (χ0v) is 22.2. The van der Waals surface area contributed by atoms with E-state index in [4.69, 9.17) is 2.51 Å². The van der Waals surface area contributed by atoms with Gasteiger partial charge in [-0.1, -0.05) is 65.8 Å². The maximum atomic E-state index is 14.1. The molecule has 33 heavy (non-hydrogen) atoms. The van der Waals surface area contributed by atoms with Crippen LogP contribution in [0.2, 0.25) is 0 Å². The molecule has 0 unspecified atom stereocenters. The highest BCUT2D eigenvalue weighted by molar-refractivity contribution is 7.87. The molecule has 0 aliphatic heterocycles. The van der Waals surface area contributed by atoms with Gasteiger partial charge in [0.1, 0.15) is 6.42 Å². The van der Waals surface area contributed by atoms with Crippen LogP contribution in [-0.2, 0) is 23.5 Å². The van der Waals surface area contributed by atoms with E-state index in [1.54, 1.807) is 48.5 Å². The molecular weight excluding hydrogens is 578 g/mol. The molecule has 0 amide bonds. The van der Waals surface area contributed by atoms with E-state index in [1.807, 2.05) is 41.5 Å². The minimum absolute atomic E-state index is 0.210. The molecule has 0 fully saturated rings. The summed E-state index contributed by atoms with van der Waals surface area (Å²) in [6.45, 7) is 11.8. The van der Waals surface area contributed by atoms with Crippen molar-refractivity contribution in [3.63, 3.8) is 0 Å². The van der Waals surface area contributed by atoms with Gasteiger partial charge < -0.3 is 0 Å². The van der Waals surface area contributed by atoms with Gasteiger partial charge >= 0.3 is 41.8 Å². The van der Waals surface area contributed by atoms with Crippen molar-refractivity contribution in [3.05, 3.63) is 66.8 Å². The number of benzene rings is 2. The Morgan fingerprint density at radius 3 is 1.30 bits per heavy atom. The molecule has 2 aromatic rings. The maximum absolute atomic E-state index is 14.1. The Morgan fingerprint density at radius 1 is 0.697 bits per heavy atom. The molecule has 10 heteroatoms. The summed E-state index contributed by atoms with van der Waals surface area (Å²) in [5.41, 5.74) is 1.43. The summed E-state index contributed by atoms with van der Waals surface area (Å²) in [7, 11) is -5.85. The topological polar surface area (TPSA) is 43.4 Å². The molecule has 0 heterocycles. The van der Waals surface area contributed by atoms with E-state index in [1.165, 1.54) is 0 Å². The summed E-state index contributed by atoms with van der Waals surface area (Å²) >= 11 is -3.56. The number of rotatable bonds is 6. The summed E-state index contributed by atoms with van der Waals surface area (Å²) in [6.07, 6.45) is -8.18. The zero-order valence-electron chi connectivity index (χ0n) is 19.2. The molecule has 3 nitrogen and oxygen atoms in total. The second-order valence-electron chi connectivity index (χ2n) is 9.71. The SMILES string of the molecule is CC(C)(C)c1ccc([I+](OS(=O)(=O)C(F)(F)CC(F)(F)F)c2ccc(C(C)(C)C)cc2)cc1. The summed E-state index contributed by atoms with van der Waals surface area (Å²) in [5.74, 6) is 0. The Hall–Kier alpha value is -1.27. The average molecular weight is 606 g/mol. The smallest absolute Gasteiger partial charge is 0.189 e. The summed E-state index contributed by atoms with van der Waals surface area (Å²) in [4.78, 5) is 0. The Balaban J connectivity index is 2.54. The van der Waals surface area contributed by atoms with Crippen LogP contribution < -0.4 is 20.2 Å². The number of hydrogen-bond donors (Lipinski definition) is 0. The average Bonchev–Trinajstić information content (AvgIpc) is 2.63. The van der Waals surface area contributed by atoms with Crippen LogP contribution in [0.1, 0.15) is 59.1 Å². The Bertz CT molecular complexity index is 992. The van der Waals surface area contributed by atoms with Crippen molar-refractivity contribution < 1.29 is 53.1 Å². The quantitative estimate of drug-likeness (QED) is 0.372. The Kier molecular flexibility index (Phi) is 7.97. The Labute approximate surface area is 199 Å². The van der Waals surface area contributed by atoms with E-state index in [-0.39, 0.29) is 10.8 Å². The fraction of sp³-hybridized carbons (Fsp3) is 0.478. The molecule has 0 atom stereocenters. The fourth-order valence-corrected chi connectivity index (χ4v) is 9.72. The highest BCUT2D eigenvalue weighted by Gasteiger charge is 2.58. The van der Waals surface area contributed by atoms with E-state index >= 15 is 0 Å². The molecule has 0 bridgehead atoms. The van der Waals surface area contributed by atoms with Gasteiger partial charge in [0.25, 0.3) is 0 Å². The third-order valence-corrected chi connectivity index (χ3v) is 12.1. The molecule has 1 radical (unpaired) electrons. The van der Waals surface area contributed by atoms with Crippen molar-refractivity contribution in [1.29, 1.82) is 0 Å². The summed E-state index contributed by atoms with van der Waals surface area (Å²) in [6, 6.07) is 13.4. The molecular formula is C23H28F5IO3S+. The molecule has 2 rings (SSSR count). The molecule has 0 aromatic heterocycles. The van der Waals surface area contributed by atoms with Crippen LogP contribution in [0.3, 0.4) is 0 Å². The monoisotopic (exact) mass is 606 g/mol. The van der Waals surface area contributed by atoms with Crippen LogP contribution in [-0.4, -0.2) is 19.8 Å². The fourth-order valence-electron chi connectivity index (χ4n) is 2.78. The molecule has 0 saturated carbocycles. The van der Waals surface area contributed by atoms with E-state index < -0.39 is 48.2 Å². The highest BCUT2D eigenvalue weighted by Crippen LogP contribution is 2.35. The first-order chi connectivity index (χ1) is 14.7. The van der Waals surface area contributed by atoms with Gasteiger partial charge in [-0.05, 0) is 48.7 Å². The van der Waals surface area contributed by atoms with Crippen LogP contribution in [0.25, 0.3) is 0 Å². The lowest BCUT2D eigenvalue weighted by Gasteiger charge is -2.20. The first-order valence-electron chi connectivity index (χ1n) is 10.0. The van der Waals surface area contributed by atoms with Crippen LogP contribution in [0, 0.1) is 7.14 Å². The molecule has 0 spiro atoms. The van der Waals surface area contributed by atoms with Crippen molar-refractivity contribution in [2.45, 2.75) is 70.2 Å². The maximum Gasteiger partial charge on any atom is 0.396 e. The van der Waals surface area contributed by atoms with Crippen molar-refractivity contribution in [1.82, 2.24) is 0 Å². The van der Waals surface area contributed by atoms with E-state index in [0.717, 1.165) is 11.1 Å². The first kappa shape index (κ1) is 28.0. The van der Waals surface area contributed by atoms with E-state index in [9.17, 15) is 30.4 Å². The number of halogens is 6. The molecule has 0 aliphatic carbocycles. The third-order valence-electron chi connectivity index (χ3n) is 4.73. The normalized spacial score (nSPS) is 14.1. The van der Waals surface area contributed by atoms with Gasteiger partial charge in [0, 0.05) is 0 Å². The van der Waals surface area contributed by atoms with Crippen molar-refractivity contribution >= 4 is 10.1 Å². The van der Waals surface area contributed by atoms with Crippen LogP contribution in [0.5, 0.6) is 0 Å². The lowest BCUT2D eigenvalue weighted by atomic mass is 9.87. The van der Waals surface area contributed by atoms with Crippen molar-refractivity contribution in [2.24, 2.45) is 0 Å². The Morgan fingerprint density at radius 2 is 1.03 bits per heavy atom. The van der Waals surface area contributed by atoms with Crippen molar-refractivity contribution in [2.75, 3.05) is 0 Å². The second kappa shape index (κ2) is 9.41.